The number of nitrogens with zero attached hydrogens (tertiary/aromatic N) is 3. The van der Waals surface area contributed by atoms with E-state index in [4.69, 9.17) is 35.2 Å². The van der Waals surface area contributed by atoms with E-state index in [0.717, 1.165) is 86.5 Å². The maximum Gasteiger partial charge on any atom is 0.320 e. The SMILES string of the molecule is COc1cc2oc(-c3cccc(-c4ccc(Cl)c(OCCCN5CCOCC5)c4)c3C)nc2cc1CN1CCCCC1C(=O)O. The van der Waals surface area contributed by atoms with E-state index in [-0.39, 0.29) is 0 Å². The van der Waals surface area contributed by atoms with Gasteiger partial charge in [-0.2, -0.15) is 0 Å². The summed E-state index contributed by atoms with van der Waals surface area (Å²) in [5.74, 6) is 1.06. The maximum atomic E-state index is 11.9. The number of likely N-dealkylation sites (tertiary alicyclic amines) is 1. The molecule has 0 amide bonds. The van der Waals surface area contributed by atoms with Gasteiger partial charge in [-0.15, -0.1) is 0 Å². The molecule has 2 saturated heterocycles. The third-order valence-corrected chi connectivity index (χ3v) is 9.16. The minimum absolute atomic E-state index is 0.473. The Balaban J connectivity index is 1.22. The van der Waals surface area contributed by atoms with Crippen molar-refractivity contribution >= 4 is 28.7 Å². The lowest BCUT2D eigenvalue weighted by molar-refractivity contribution is -0.144. The summed E-state index contributed by atoms with van der Waals surface area (Å²) in [5.41, 5.74) is 6.15. The fraction of sp³-hybridized carbons (Fsp3) is 0.429. The lowest BCUT2D eigenvalue weighted by Gasteiger charge is -2.33. The highest BCUT2D eigenvalue weighted by atomic mass is 35.5. The number of halogens is 1. The van der Waals surface area contributed by atoms with Gasteiger partial charge in [-0.3, -0.25) is 14.6 Å². The van der Waals surface area contributed by atoms with Crippen molar-refractivity contribution in [2.75, 3.05) is 53.1 Å². The molecule has 10 heteroatoms. The van der Waals surface area contributed by atoms with Crippen LogP contribution in [0.1, 0.15) is 36.8 Å². The van der Waals surface area contributed by atoms with Crippen molar-refractivity contribution in [3.05, 3.63) is 64.7 Å². The minimum atomic E-state index is -0.781. The van der Waals surface area contributed by atoms with E-state index < -0.39 is 12.0 Å². The van der Waals surface area contributed by atoms with Gasteiger partial charge in [0.2, 0.25) is 5.89 Å². The molecule has 0 bridgehead atoms. The normalized spacial score (nSPS) is 17.9. The number of carbonyl (C=O) groups is 1. The minimum Gasteiger partial charge on any atom is -0.496 e. The lowest BCUT2D eigenvalue weighted by atomic mass is 9.96. The van der Waals surface area contributed by atoms with Crippen LogP contribution in [0.2, 0.25) is 5.02 Å². The summed E-state index contributed by atoms with van der Waals surface area (Å²) in [6, 6.07) is 15.3. The van der Waals surface area contributed by atoms with Crippen molar-refractivity contribution < 1.29 is 28.5 Å². The molecule has 238 valence electrons. The molecule has 0 aliphatic carbocycles. The van der Waals surface area contributed by atoms with Crippen molar-refractivity contribution in [1.29, 1.82) is 0 Å². The van der Waals surface area contributed by atoms with Crippen LogP contribution in [0.15, 0.2) is 52.9 Å². The van der Waals surface area contributed by atoms with E-state index in [1.807, 2.05) is 47.4 Å². The summed E-state index contributed by atoms with van der Waals surface area (Å²) in [6.45, 7) is 8.34. The van der Waals surface area contributed by atoms with Gasteiger partial charge in [0.25, 0.3) is 0 Å². The standard InChI is InChI=1S/C35H40ClN3O6/c1-23-26(24-10-11-28(36)32(20-24)44-16-6-12-38-14-17-43-18-15-38)7-5-8-27(23)34-37-29-19-25(31(42-2)21-33(29)45-34)22-39-13-4-3-9-30(39)35(40)41/h5,7-8,10-11,19-21,30H,3-4,6,9,12-18,22H2,1-2H3,(H,40,41). The third-order valence-electron chi connectivity index (χ3n) is 8.85. The number of aromatic nitrogens is 1. The molecule has 2 aliphatic rings. The Morgan fingerprint density at radius 3 is 2.69 bits per heavy atom. The summed E-state index contributed by atoms with van der Waals surface area (Å²) < 4.78 is 23.5. The van der Waals surface area contributed by atoms with E-state index in [1.165, 1.54) is 0 Å². The Bertz CT molecular complexity index is 1650. The second-order valence-corrected chi connectivity index (χ2v) is 12.2. The van der Waals surface area contributed by atoms with Crippen molar-refractivity contribution in [3.63, 3.8) is 0 Å². The number of piperidine rings is 1. The van der Waals surface area contributed by atoms with E-state index in [2.05, 4.69) is 17.9 Å². The number of carboxylic acids is 1. The molecule has 3 heterocycles. The number of methoxy groups -OCH3 is 1. The molecule has 45 heavy (non-hydrogen) atoms. The molecule has 1 atom stereocenters. The second kappa shape index (κ2) is 14.2. The lowest BCUT2D eigenvalue weighted by Crippen LogP contribution is -2.44. The Morgan fingerprint density at radius 1 is 1.07 bits per heavy atom. The fourth-order valence-corrected chi connectivity index (χ4v) is 6.53. The van der Waals surface area contributed by atoms with Gasteiger partial charge in [-0.05, 0) is 73.7 Å². The number of hydrogen-bond donors (Lipinski definition) is 1. The first-order valence-electron chi connectivity index (χ1n) is 15.7. The summed E-state index contributed by atoms with van der Waals surface area (Å²) in [4.78, 5) is 21.1. The smallest absolute Gasteiger partial charge is 0.320 e. The number of fused-ring (bicyclic) bond motifs is 1. The monoisotopic (exact) mass is 633 g/mol. The van der Waals surface area contributed by atoms with Gasteiger partial charge in [0.1, 0.15) is 23.1 Å². The van der Waals surface area contributed by atoms with Crippen molar-refractivity contribution in [2.24, 2.45) is 0 Å². The summed E-state index contributed by atoms with van der Waals surface area (Å²) in [7, 11) is 1.62. The quantitative estimate of drug-likeness (QED) is 0.182. The molecule has 3 aromatic carbocycles. The first-order chi connectivity index (χ1) is 21.9. The molecule has 4 aromatic rings. The number of morpholine rings is 1. The zero-order chi connectivity index (χ0) is 31.3. The maximum absolute atomic E-state index is 11.9. The van der Waals surface area contributed by atoms with Gasteiger partial charge in [-0.1, -0.05) is 36.2 Å². The number of ether oxygens (including phenoxy) is 3. The van der Waals surface area contributed by atoms with Gasteiger partial charge < -0.3 is 23.7 Å². The predicted octanol–water partition coefficient (Wildman–Crippen LogP) is 6.67. The van der Waals surface area contributed by atoms with Crippen LogP contribution in [0.4, 0.5) is 0 Å². The van der Waals surface area contributed by atoms with Crippen LogP contribution < -0.4 is 9.47 Å². The number of carboxylic acid groups (broad SMARTS) is 1. The van der Waals surface area contributed by atoms with Crippen molar-refractivity contribution in [2.45, 2.75) is 45.2 Å². The van der Waals surface area contributed by atoms with E-state index >= 15 is 0 Å². The molecule has 0 radical (unpaired) electrons. The molecule has 1 unspecified atom stereocenters. The van der Waals surface area contributed by atoms with Gasteiger partial charge in [-0.25, -0.2) is 4.98 Å². The number of oxazole rings is 1. The fourth-order valence-electron chi connectivity index (χ4n) is 6.36. The van der Waals surface area contributed by atoms with Gasteiger partial charge >= 0.3 is 5.97 Å². The summed E-state index contributed by atoms with van der Waals surface area (Å²) in [6.07, 6.45) is 3.47. The highest BCUT2D eigenvalue weighted by Crippen LogP contribution is 2.37. The highest BCUT2D eigenvalue weighted by Gasteiger charge is 2.29. The summed E-state index contributed by atoms with van der Waals surface area (Å²) >= 11 is 6.53. The van der Waals surface area contributed by atoms with Crippen molar-refractivity contribution in [3.8, 4) is 34.1 Å². The molecule has 1 N–H and O–H groups in total. The number of aliphatic carboxylic acids is 1. The van der Waals surface area contributed by atoms with Crippen LogP contribution in [-0.4, -0.2) is 85.0 Å². The first kappa shape index (κ1) is 31.4. The number of hydrogen-bond acceptors (Lipinski definition) is 8. The van der Waals surface area contributed by atoms with Crippen LogP contribution in [0, 0.1) is 6.92 Å². The number of benzene rings is 3. The largest absolute Gasteiger partial charge is 0.496 e. The predicted molar refractivity (Wildman–Crippen MR) is 174 cm³/mol. The molecule has 2 aliphatic heterocycles. The molecular weight excluding hydrogens is 594 g/mol. The Labute approximate surface area is 268 Å². The zero-order valence-corrected chi connectivity index (χ0v) is 26.6. The molecule has 0 saturated carbocycles. The topological polar surface area (TPSA) is 97.5 Å². The number of rotatable bonds is 11. The van der Waals surface area contributed by atoms with E-state index in [0.29, 0.717) is 53.1 Å². The average molecular weight is 634 g/mol. The average Bonchev–Trinajstić information content (AvgIpc) is 3.47. The molecule has 2 fully saturated rings. The third kappa shape index (κ3) is 7.12. The Hall–Kier alpha value is -3.63. The second-order valence-electron chi connectivity index (χ2n) is 11.8. The van der Waals surface area contributed by atoms with Crippen molar-refractivity contribution in [1.82, 2.24) is 14.8 Å². The van der Waals surface area contributed by atoms with Crippen LogP contribution in [0.5, 0.6) is 11.5 Å². The molecular formula is C35H40ClN3O6. The Kier molecular flexibility index (Phi) is 9.90. The highest BCUT2D eigenvalue weighted by molar-refractivity contribution is 6.32. The molecule has 9 nitrogen and oxygen atoms in total. The molecule has 0 spiro atoms. The molecule has 6 rings (SSSR count). The van der Waals surface area contributed by atoms with Crippen LogP contribution in [0.25, 0.3) is 33.7 Å². The van der Waals surface area contributed by atoms with Gasteiger partial charge in [0.15, 0.2) is 5.58 Å². The van der Waals surface area contributed by atoms with E-state index in [9.17, 15) is 9.90 Å². The van der Waals surface area contributed by atoms with Gasteiger partial charge in [0, 0.05) is 43.4 Å². The summed E-state index contributed by atoms with van der Waals surface area (Å²) in [5, 5.41) is 10.3. The van der Waals surface area contributed by atoms with E-state index in [1.54, 1.807) is 7.11 Å². The van der Waals surface area contributed by atoms with Crippen LogP contribution >= 0.6 is 11.6 Å². The first-order valence-corrected chi connectivity index (χ1v) is 16.1. The van der Waals surface area contributed by atoms with Gasteiger partial charge in [0.05, 0.1) is 32.0 Å². The van der Waals surface area contributed by atoms with Crippen LogP contribution in [-0.2, 0) is 16.1 Å². The zero-order valence-electron chi connectivity index (χ0n) is 25.9. The molecule has 1 aromatic heterocycles. The Morgan fingerprint density at radius 2 is 1.89 bits per heavy atom. The van der Waals surface area contributed by atoms with Crippen LogP contribution in [0.3, 0.4) is 0 Å².